The highest BCUT2D eigenvalue weighted by Gasteiger charge is 2.41. The van der Waals surface area contributed by atoms with Crippen LogP contribution in [0.15, 0.2) is 23.1 Å². The summed E-state index contributed by atoms with van der Waals surface area (Å²) >= 11 is 0. The number of rotatable bonds is 5. The van der Waals surface area contributed by atoms with Crippen LogP contribution in [0.5, 0.6) is 0 Å². The number of amides is 2. The van der Waals surface area contributed by atoms with E-state index in [1.807, 2.05) is 39.8 Å². The number of carbonyl (C=O) groups is 2. The molecule has 0 atom stereocenters. The lowest BCUT2D eigenvalue weighted by Crippen LogP contribution is -3.16. The van der Waals surface area contributed by atoms with Crippen molar-refractivity contribution in [3.63, 3.8) is 0 Å². The van der Waals surface area contributed by atoms with Gasteiger partial charge in [-0.2, -0.15) is 4.31 Å². The van der Waals surface area contributed by atoms with E-state index in [1.165, 1.54) is 9.21 Å². The molecule has 0 bridgehead atoms. The molecule has 0 unspecified atom stereocenters. The standard InChI is InChI=1S/C21H31N3O4S/c1-5-21(4)13-19(25)24(20(26)14-21)15-22-8-10-23(11-9-22)29(27,28)18-12-16(2)6-7-17(18)3/h6-7,12H,5,8-11,13-15H2,1-4H3/p+1. The lowest BCUT2D eigenvalue weighted by Gasteiger charge is -2.39. The third-order valence-corrected chi connectivity index (χ3v) is 8.42. The number of sulfonamides is 1. The van der Waals surface area contributed by atoms with Crippen molar-refractivity contribution in [1.29, 1.82) is 0 Å². The Bertz CT molecular complexity index is 887. The van der Waals surface area contributed by atoms with Gasteiger partial charge in [0, 0.05) is 12.8 Å². The number of likely N-dealkylation sites (tertiary alicyclic amines) is 1. The molecule has 0 aliphatic carbocycles. The zero-order valence-corrected chi connectivity index (χ0v) is 18.6. The van der Waals surface area contributed by atoms with E-state index < -0.39 is 10.0 Å². The fraction of sp³-hybridized carbons (Fsp3) is 0.619. The zero-order valence-electron chi connectivity index (χ0n) is 17.8. The lowest BCUT2D eigenvalue weighted by molar-refractivity contribution is -0.911. The quantitative estimate of drug-likeness (QED) is 0.709. The summed E-state index contributed by atoms with van der Waals surface area (Å²) in [7, 11) is -3.54. The molecular formula is C21H32N3O4S+. The Morgan fingerprint density at radius 1 is 1.07 bits per heavy atom. The number of imide groups is 1. The van der Waals surface area contributed by atoms with Crippen LogP contribution in [0.1, 0.15) is 44.2 Å². The largest absolute Gasteiger partial charge is 0.315 e. The van der Waals surface area contributed by atoms with Crippen LogP contribution in [0, 0.1) is 19.3 Å². The van der Waals surface area contributed by atoms with Crippen LogP contribution in [0.4, 0.5) is 0 Å². The number of nitrogens with zero attached hydrogens (tertiary/aromatic N) is 2. The third-order valence-electron chi connectivity index (χ3n) is 6.38. The Morgan fingerprint density at radius 3 is 2.21 bits per heavy atom. The molecule has 0 spiro atoms. The van der Waals surface area contributed by atoms with Gasteiger partial charge in [-0.25, -0.2) is 13.3 Å². The highest BCUT2D eigenvalue weighted by molar-refractivity contribution is 7.89. The van der Waals surface area contributed by atoms with E-state index in [0.29, 0.717) is 50.6 Å². The van der Waals surface area contributed by atoms with Crippen LogP contribution >= 0.6 is 0 Å². The van der Waals surface area contributed by atoms with Gasteiger partial charge in [0.2, 0.25) is 21.8 Å². The number of hydrogen-bond donors (Lipinski definition) is 1. The second-order valence-corrected chi connectivity index (χ2v) is 10.7. The van der Waals surface area contributed by atoms with Crippen molar-refractivity contribution in [2.24, 2.45) is 5.41 Å². The molecule has 3 rings (SSSR count). The predicted molar refractivity (Wildman–Crippen MR) is 110 cm³/mol. The van der Waals surface area contributed by atoms with Crippen LogP contribution in [-0.2, 0) is 19.6 Å². The third kappa shape index (κ3) is 4.54. The normalized spacial score (nSPS) is 21.6. The van der Waals surface area contributed by atoms with E-state index in [0.717, 1.165) is 22.4 Å². The number of benzene rings is 1. The molecule has 2 amide bonds. The highest BCUT2D eigenvalue weighted by atomic mass is 32.2. The van der Waals surface area contributed by atoms with Gasteiger partial charge in [0.15, 0.2) is 6.67 Å². The first-order valence-corrected chi connectivity index (χ1v) is 11.7. The van der Waals surface area contributed by atoms with Gasteiger partial charge in [-0.15, -0.1) is 0 Å². The molecule has 2 fully saturated rings. The summed E-state index contributed by atoms with van der Waals surface area (Å²) in [4.78, 5) is 27.8. The first-order chi connectivity index (χ1) is 13.6. The zero-order chi connectivity index (χ0) is 21.4. The van der Waals surface area contributed by atoms with Crippen LogP contribution < -0.4 is 4.90 Å². The Morgan fingerprint density at radius 2 is 1.66 bits per heavy atom. The minimum Gasteiger partial charge on any atom is -0.315 e. The average molecular weight is 423 g/mol. The van der Waals surface area contributed by atoms with Gasteiger partial charge in [0.1, 0.15) is 0 Å². The number of hydrogen-bond acceptors (Lipinski definition) is 4. The number of nitrogens with one attached hydrogen (secondary N) is 1. The predicted octanol–water partition coefficient (Wildman–Crippen LogP) is 0.715. The summed E-state index contributed by atoms with van der Waals surface area (Å²) in [6.45, 7) is 9.94. The smallest absolute Gasteiger partial charge is 0.243 e. The summed E-state index contributed by atoms with van der Waals surface area (Å²) in [5.41, 5.74) is 1.42. The van der Waals surface area contributed by atoms with Crippen molar-refractivity contribution in [3.8, 4) is 0 Å². The number of carbonyl (C=O) groups excluding carboxylic acids is 2. The highest BCUT2D eigenvalue weighted by Crippen LogP contribution is 2.35. The first-order valence-electron chi connectivity index (χ1n) is 10.3. The van der Waals surface area contributed by atoms with Gasteiger partial charge in [-0.1, -0.05) is 26.0 Å². The van der Waals surface area contributed by atoms with Crippen LogP contribution in [0.25, 0.3) is 0 Å². The SMILES string of the molecule is CCC1(C)CC(=O)N(C[NH+]2CCN(S(=O)(=O)c3cc(C)ccc3C)CC2)C(=O)C1. The van der Waals surface area contributed by atoms with E-state index in [2.05, 4.69) is 0 Å². The molecule has 2 aliphatic heterocycles. The molecule has 2 saturated heterocycles. The van der Waals surface area contributed by atoms with Crippen molar-refractivity contribution in [1.82, 2.24) is 9.21 Å². The van der Waals surface area contributed by atoms with E-state index in [1.54, 1.807) is 6.07 Å². The van der Waals surface area contributed by atoms with Crippen LogP contribution in [0.3, 0.4) is 0 Å². The molecule has 29 heavy (non-hydrogen) atoms. The fourth-order valence-electron chi connectivity index (χ4n) is 4.10. The molecule has 8 heteroatoms. The number of piperidine rings is 1. The Balaban J connectivity index is 1.63. The first kappa shape index (κ1) is 21.9. The van der Waals surface area contributed by atoms with Crippen molar-refractivity contribution in [3.05, 3.63) is 29.3 Å². The van der Waals surface area contributed by atoms with Crippen molar-refractivity contribution in [2.45, 2.75) is 51.9 Å². The van der Waals surface area contributed by atoms with Gasteiger partial charge in [0.05, 0.1) is 31.1 Å². The molecule has 2 heterocycles. The van der Waals surface area contributed by atoms with Crippen molar-refractivity contribution >= 4 is 21.8 Å². The molecule has 160 valence electrons. The number of quaternary nitrogens is 1. The molecule has 0 saturated carbocycles. The van der Waals surface area contributed by atoms with Gasteiger partial charge < -0.3 is 4.90 Å². The summed E-state index contributed by atoms with van der Waals surface area (Å²) in [5.74, 6) is -0.216. The minimum atomic E-state index is -3.54. The van der Waals surface area contributed by atoms with Crippen LogP contribution in [-0.4, -0.2) is 62.3 Å². The van der Waals surface area contributed by atoms with E-state index in [9.17, 15) is 18.0 Å². The molecule has 0 aromatic heterocycles. The Labute approximate surface area is 173 Å². The number of piperazine rings is 1. The summed E-state index contributed by atoms with van der Waals surface area (Å²) in [6.07, 6.45) is 1.60. The summed E-state index contributed by atoms with van der Waals surface area (Å²) in [6, 6.07) is 5.47. The van der Waals surface area contributed by atoms with Gasteiger partial charge in [0.25, 0.3) is 0 Å². The topological polar surface area (TPSA) is 79.2 Å². The van der Waals surface area contributed by atoms with Crippen LogP contribution in [0.2, 0.25) is 0 Å². The molecule has 1 N–H and O–H groups in total. The molecule has 1 aromatic rings. The van der Waals surface area contributed by atoms with E-state index in [-0.39, 0.29) is 17.2 Å². The molecule has 1 aromatic carbocycles. The Hall–Kier alpha value is -1.77. The molecule has 0 radical (unpaired) electrons. The monoisotopic (exact) mass is 422 g/mol. The van der Waals surface area contributed by atoms with E-state index >= 15 is 0 Å². The van der Waals surface area contributed by atoms with Crippen molar-refractivity contribution < 1.29 is 22.9 Å². The van der Waals surface area contributed by atoms with Gasteiger partial charge in [-0.05, 0) is 42.9 Å². The summed E-state index contributed by atoms with van der Waals surface area (Å²) in [5, 5.41) is 0. The molecule has 2 aliphatic rings. The minimum absolute atomic E-state index is 0.108. The molecular weight excluding hydrogens is 390 g/mol. The van der Waals surface area contributed by atoms with Crippen molar-refractivity contribution in [2.75, 3.05) is 32.8 Å². The second-order valence-electron chi connectivity index (χ2n) is 8.81. The second kappa shape index (κ2) is 8.16. The maximum atomic E-state index is 13.1. The average Bonchev–Trinajstić information content (AvgIpc) is 2.67. The Kier molecular flexibility index (Phi) is 6.17. The fourth-order valence-corrected chi connectivity index (χ4v) is 5.85. The maximum Gasteiger partial charge on any atom is 0.243 e. The van der Waals surface area contributed by atoms with Gasteiger partial charge in [-0.3, -0.25) is 9.59 Å². The molecule has 7 nitrogen and oxygen atoms in total. The maximum absolute atomic E-state index is 13.1. The summed E-state index contributed by atoms with van der Waals surface area (Å²) < 4.78 is 27.6. The van der Waals surface area contributed by atoms with Gasteiger partial charge >= 0.3 is 0 Å². The number of aryl methyl sites for hydroxylation is 2. The lowest BCUT2D eigenvalue weighted by atomic mass is 9.77. The van der Waals surface area contributed by atoms with E-state index in [4.69, 9.17) is 0 Å².